The van der Waals surface area contributed by atoms with E-state index in [4.69, 9.17) is 27.9 Å². The summed E-state index contributed by atoms with van der Waals surface area (Å²) >= 11 is 11.9. The molecule has 2 rings (SSSR count). The van der Waals surface area contributed by atoms with Gasteiger partial charge in [0.1, 0.15) is 5.41 Å². The highest BCUT2D eigenvalue weighted by atomic mass is 35.5. The molecule has 0 spiro atoms. The normalized spacial score (nSPS) is 22.8. The van der Waals surface area contributed by atoms with E-state index in [-0.39, 0.29) is 12.3 Å². The number of hydrogen-bond acceptors (Lipinski definition) is 3. The Kier molecular flexibility index (Phi) is 4.02. The summed E-state index contributed by atoms with van der Waals surface area (Å²) < 4.78 is 4.87. The van der Waals surface area contributed by atoms with Crippen LogP contribution in [0.15, 0.2) is 18.2 Å². The summed E-state index contributed by atoms with van der Waals surface area (Å²) in [5.74, 6) is -0.608. The van der Waals surface area contributed by atoms with Crippen LogP contribution in [-0.2, 0) is 19.7 Å². The largest absolute Gasteiger partial charge is 0.468 e. The van der Waals surface area contributed by atoms with Gasteiger partial charge in [-0.05, 0) is 24.1 Å². The molecule has 19 heavy (non-hydrogen) atoms. The summed E-state index contributed by atoms with van der Waals surface area (Å²) in [6.07, 6.45) is 0.529. The van der Waals surface area contributed by atoms with E-state index in [2.05, 4.69) is 5.32 Å². The molecule has 1 unspecified atom stereocenters. The van der Waals surface area contributed by atoms with Crippen LogP contribution in [-0.4, -0.2) is 25.5 Å². The Morgan fingerprint density at radius 3 is 2.68 bits per heavy atom. The van der Waals surface area contributed by atoms with E-state index in [0.717, 1.165) is 0 Å². The Morgan fingerprint density at radius 2 is 2.11 bits per heavy atom. The zero-order valence-corrected chi connectivity index (χ0v) is 11.8. The van der Waals surface area contributed by atoms with Gasteiger partial charge >= 0.3 is 5.97 Å². The fraction of sp³-hybridized carbons (Fsp3) is 0.385. The van der Waals surface area contributed by atoms with Crippen molar-refractivity contribution < 1.29 is 14.3 Å². The molecule has 1 aromatic carbocycles. The zero-order valence-electron chi connectivity index (χ0n) is 10.3. The number of carbonyl (C=O) groups is 2. The predicted molar refractivity (Wildman–Crippen MR) is 72.4 cm³/mol. The first-order valence-corrected chi connectivity index (χ1v) is 6.56. The SMILES string of the molecule is COC(=O)C1(c2ccc(Cl)c(Cl)c2)CCNC(=O)C1. The molecular formula is C13H13Cl2NO3. The molecule has 0 saturated carbocycles. The summed E-state index contributed by atoms with van der Waals surface area (Å²) in [6.45, 7) is 0.425. The van der Waals surface area contributed by atoms with E-state index >= 15 is 0 Å². The standard InChI is InChI=1S/C13H13Cl2NO3/c1-19-12(18)13(4-5-16-11(17)7-13)8-2-3-9(14)10(15)6-8/h2-3,6H,4-5,7H2,1H3,(H,16,17). The molecule has 4 nitrogen and oxygen atoms in total. The molecule has 0 bridgehead atoms. The van der Waals surface area contributed by atoms with Crippen LogP contribution in [0, 0.1) is 0 Å². The fourth-order valence-electron chi connectivity index (χ4n) is 2.37. The van der Waals surface area contributed by atoms with E-state index in [0.29, 0.717) is 28.6 Å². The van der Waals surface area contributed by atoms with Gasteiger partial charge in [0.15, 0.2) is 0 Å². The Labute approximate surface area is 121 Å². The Hall–Kier alpha value is -1.26. The van der Waals surface area contributed by atoms with Gasteiger partial charge in [-0.15, -0.1) is 0 Å². The molecule has 6 heteroatoms. The topological polar surface area (TPSA) is 55.4 Å². The monoisotopic (exact) mass is 301 g/mol. The highest BCUT2D eigenvalue weighted by Gasteiger charge is 2.45. The molecule has 1 aromatic rings. The van der Waals surface area contributed by atoms with Crippen LogP contribution in [0.25, 0.3) is 0 Å². The summed E-state index contributed by atoms with van der Waals surface area (Å²) in [6, 6.07) is 4.96. The maximum Gasteiger partial charge on any atom is 0.316 e. The van der Waals surface area contributed by atoms with Gasteiger partial charge in [-0.2, -0.15) is 0 Å². The van der Waals surface area contributed by atoms with Crippen molar-refractivity contribution in [2.45, 2.75) is 18.3 Å². The van der Waals surface area contributed by atoms with Gasteiger partial charge in [0.2, 0.25) is 5.91 Å². The Balaban J connectivity index is 2.50. The van der Waals surface area contributed by atoms with Gasteiger partial charge in [0, 0.05) is 13.0 Å². The fourth-order valence-corrected chi connectivity index (χ4v) is 2.67. The van der Waals surface area contributed by atoms with Crippen molar-refractivity contribution in [1.29, 1.82) is 0 Å². The Bertz CT molecular complexity index is 533. The first kappa shape index (κ1) is 14.2. The molecule has 1 aliphatic heterocycles. The molecule has 1 amide bonds. The van der Waals surface area contributed by atoms with E-state index in [1.165, 1.54) is 7.11 Å². The van der Waals surface area contributed by atoms with Gasteiger partial charge in [-0.3, -0.25) is 9.59 Å². The van der Waals surface area contributed by atoms with E-state index in [1.807, 2.05) is 0 Å². The van der Waals surface area contributed by atoms with E-state index < -0.39 is 11.4 Å². The first-order valence-electron chi connectivity index (χ1n) is 5.80. The summed E-state index contributed by atoms with van der Waals surface area (Å²) in [5.41, 5.74) is -0.325. The van der Waals surface area contributed by atoms with Crippen LogP contribution < -0.4 is 5.32 Å². The number of benzene rings is 1. The number of rotatable bonds is 2. The molecule has 102 valence electrons. The average molecular weight is 302 g/mol. The van der Waals surface area contributed by atoms with Gasteiger partial charge in [0.25, 0.3) is 0 Å². The average Bonchev–Trinajstić information content (AvgIpc) is 2.40. The van der Waals surface area contributed by atoms with Crippen molar-refractivity contribution >= 4 is 35.1 Å². The third kappa shape index (κ3) is 2.55. The van der Waals surface area contributed by atoms with Gasteiger partial charge in [-0.25, -0.2) is 0 Å². The van der Waals surface area contributed by atoms with Gasteiger partial charge < -0.3 is 10.1 Å². The molecule has 1 saturated heterocycles. The highest BCUT2D eigenvalue weighted by Crippen LogP contribution is 2.37. The molecule has 1 heterocycles. The van der Waals surface area contributed by atoms with Crippen LogP contribution in [0.1, 0.15) is 18.4 Å². The van der Waals surface area contributed by atoms with E-state index in [9.17, 15) is 9.59 Å². The second-order valence-corrected chi connectivity index (χ2v) is 5.29. The van der Waals surface area contributed by atoms with Gasteiger partial charge in [0.05, 0.1) is 17.2 Å². The van der Waals surface area contributed by atoms with Crippen LogP contribution in [0.5, 0.6) is 0 Å². The predicted octanol–water partition coefficient (Wildman–Crippen LogP) is 2.31. The van der Waals surface area contributed by atoms with Crippen molar-refractivity contribution in [3.63, 3.8) is 0 Å². The van der Waals surface area contributed by atoms with Crippen LogP contribution in [0.2, 0.25) is 10.0 Å². The van der Waals surface area contributed by atoms with Crippen molar-refractivity contribution in [2.24, 2.45) is 0 Å². The summed E-state index contributed by atoms with van der Waals surface area (Å²) in [7, 11) is 1.31. The molecule has 1 N–H and O–H groups in total. The second-order valence-electron chi connectivity index (χ2n) is 4.48. The van der Waals surface area contributed by atoms with E-state index in [1.54, 1.807) is 18.2 Å². The number of methoxy groups -OCH3 is 1. The van der Waals surface area contributed by atoms with Crippen molar-refractivity contribution in [3.05, 3.63) is 33.8 Å². The minimum Gasteiger partial charge on any atom is -0.468 e. The Morgan fingerprint density at radius 1 is 1.37 bits per heavy atom. The van der Waals surface area contributed by atoms with Crippen LogP contribution in [0.3, 0.4) is 0 Å². The lowest BCUT2D eigenvalue weighted by Gasteiger charge is -2.34. The zero-order chi connectivity index (χ0) is 14.0. The quantitative estimate of drug-likeness (QED) is 0.853. The minimum absolute atomic E-state index is 0.0532. The van der Waals surface area contributed by atoms with Crippen LogP contribution in [0.4, 0.5) is 0 Å². The maximum atomic E-state index is 12.2. The summed E-state index contributed by atoms with van der Waals surface area (Å²) in [5, 5.41) is 3.47. The molecule has 0 aliphatic carbocycles. The second kappa shape index (κ2) is 5.39. The van der Waals surface area contributed by atoms with Gasteiger partial charge in [-0.1, -0.05) is 29.3 Å². The van der Waals surface area contributed by atoms with Crippen LogP contribution >= 0.6 is 23.2 Å². The third-order valence-electron chi connectivity index (χ3n) is 3.38. The lowest BCUT2D eigenvalue weighted by atomic mass is 9.73. The number of ether oxygens (including phenoxy) is 1. The number of nitrogens with one attached hydrogen (secondary N) is 1. The molecular weight excluding hydrogens is 289 g/mol. The number of piperidine rings is 1. The number of amides is 1. The minimum atomic E-state index is -0.981. The molecule has 0 radical (unpaired) electrons. The number of carbonyl (C=O) groups excluding carboxylic acids is 2. The lowest BCUT2D eigenvalue weighted by molar-refractivity contribution is -0.151. The maximum absolute atomic E-state index is 12.2. The number of hydrogen-bond donors (Lipinski definition) is 1. The highest BCUT2D eigenvalue weighted by molar-refractivity contribution is 6.42. The number of halogens is 2. The van der Waals surface area contributed by atoms with Crippen molar-refractivity contribution in [2.75, 3.05) is 13.7 Å². The first-order chi connectivity index (χ1) is 8.99. The molecule has 1 fully saturated rings. The molecule has 0 aromatic heterocycles. The molecule has 1 atom stereocenters. The lowest BCUT2D eigenvalue weighted by Crippen LogP contribution is -2.48. The molecule has 1 aliphatic rings. The summed E-state index contributed by atoms with van der Waals surface area (Å²) in [4.78, 5) is 23.8. The smallest absolute Gasteiger partial charge is 0.316 e. The third-order valence-corrected chi connectivity index (χ3v) is 4.12. The number of esters is 1. The van der Waals surface area contributed by atoms with Crippen molar-refractivity contribution in [3.8, 4) is 0 Å². The van der Waals surface area contributed by atoms with Crippen molar-refractivity contribution in [1.82, 2.24) is 5.32 Å².